The number of carboxylic acids is 1. The van der Waals surface area contributed by atoms with Crippen LogP contribution in [0.3, 0.4) is 0 Å². The van der Waals surface area contributed by atoms with E-state index in [4.69, 9.17) is 11.5 Å². The zero-order valence-corrected chi connectivity index (χ0v) is 31.0. The van der Waals surface area contributed by atoms with Crippen LogP contribution in [-0.2, 0) is 31.0 Å². The number of likely N-dealkylation sites (tertiary alicyclic amines) is 1. The minimum atomic E-state index is -1.23. The first-order valence-electron chi connectivity index (χ1n) is 18.4. The maximum Gasteiger partial charge on any atom is 0.323 e. The summed E-state index contributed by atoms with van der Waals surface area (Å²) in [5.74, 6) is -1.92. The molecule has 3 unspecified atom stereocenters. The monoisotopic (exact) mass is 707 g/mol. The molecule has 0 saturated carbocycles. The molecule has 2 aromatic rings. The fourth-order valence-corrected chi connectivity index (χ4v) is 6.47. The van der Waals surface area contributed by atoms with Crippen LogP contribution in [0.5, 0.6) is 0 Å². The SMILES string of the molecule is CC(C)CC(NC(=O)C(Cc1ccccc1)NC(=O)CNCC(C)(C)c1ccccc1)C(=O)NC(CCCCN)CN1CCC(N)(C(=O)O)CC1. The minimum absolute atomic E-state index is 0.0312. The molecule has 12 heteroatoms. The van der Waals surface area contributed by atoms with Crippen LogP contribution in [0, 0.1) is 5.92 Å². The van der Waals surface area contributed by atoms with Crippen molar-refractivity contribution < 1.29 is 24.3 Å². The van der Waals surface area contributed by atoms with Crippen molar-refractivity contribution in [2.24, 2.45) is 17.4 Å². The van der Waals surface area contributed by atoms with Crippen LogP contribution in [0.25, 0.3) is 0 Å². The maximum absolute atomic E-state index is 13.9. The lowest BCUT2D eigenvalue weighted by Crippen LogP contribution is -2.59. The fraction of sp³-hybridized carbons (Fsp3) is 0.590. The molecular formula is C39H61N7O5. The molecule has 0 aliphatic carbocycles. The smallest absolute Gasteiger partial charge is 0.323 e. The summed E-state index contributed by atoms with van der Waals surface area (Å²) in [5.41, 5.74) is 12.4. The average Bonchev–Trinajstić information content (AvgIpc) is 3.09. The number of piperidine rings is 1. The van der Waals surface area contributed by atoms with E-state index in [0.29, 0.717) is 58.4 Å². The Morgan fingerprint density at radius 1 is 0.882 bits per heavy atom. The van der Waals surface area contributed by atoms with Crippen LogP contribution >= 0.6 is 0 Å². The molecule has 3 atom stereocenters. The van der Waals surface area contributed by atoms with Gasteiger partial charge in [-0.25, -0.2) is 0 Å². The molecule has 3 rings (SSSR count). The molecule has 1 fully saturated rings. The van der Waals surface area contributed by atoms with Gasteiger partial charge in [0.25, 0.3) is 0 Å². The first kappa shape index (κ1) is 41.6. The van der Waals surface area contributed by atoms with Gasteiger partial charge in [0, 0.05) is 44.1 Å². The summed E-state index contributed by atoms with van der Waals surface area (Å²) in [5, 5.41) is 21.9. The zero-order valence-electron chi connectivity index (χ0n) is 31.0. The van der Waals surface area contributed by atoms with E-state index in [9.17, 15) is 24.3 Å². The summed E-state index contributed by atoms with van der Waals surface area (Å²) >= 11 is 0. The number of amides is 3. The number of hydrogen-bond donors (Lipinski definition) is 7. The summed E-state index contributed by atoms with van der Waals surface area (Å²) in [6, 6.07) is 17.6. The van der Waals surface area contributed by atoms with Gasteiger partial charge >= 0.3 is 5.97 Å². The van der Waals surface area contributed by atoms with Gasteiger partial charge in [-0.15, -0.1) is 0 Å². The maximum atomic E-state index is 13.9. The normalized spacial score (nSPS) is 16.5. The highest BCUT2D eigenvalue weighted by atomic mass is 16.4. The number of carbonyl (C=O) groups excluding carboxylic acids is 3. The van der Waals surface area contributed by atoms with Gasteiger partial charge in [0.05, 0.1) is 6.54 Å². The molecule has 1 aliphatic heterocycles. The number of aliphatic carboxylic acids is 1. The molecule has 51 heavy (non-hydrogen) atoms. The Labute approximate surface area is 303 Å². The van der Waals surface area contributed by atoms with Crippen LogP contribution < -0.4 is 32.7 Å². The largest absolute Gasteiger partial charge is 0.480 e. The van der Waals surface area contributed by atoms with Crippen LogP contribution in [0.15, 0.2) is 60.7 Å². The topological polar surface area (TPSA) is 192 Å². The number of rotatable bonds is 21. The Morgan fingerprint density at radius 3 is 2.08 bits per heavy atom. The van der Waals surface area contributed by atoms with Crippen molar-refractivity contribution in [1.29, 1.82) is 0 Å². The molecule has 3 amide bonds. The summed E-state index contributed by atoms with van der Waals surface area (Å²) in [7, 11) is 0. The Morgan fingerprint density at radius 2 is 1.49 bits per heavy atom. The molecule has 9 N–H and O–H groups in total. The number of carboxylic acid groups (broad SMARTS) is 1. The first-order chi connectivity index (χ1) is 24.2. The van der Waals surface area contributed by atoms with Crippen LogP contribution in [0.4, 0.5) is 0 Å². The van der Waals surface area contributed by atoms with Gasteiger partial charge < -0.3 is 42.7 Å². The minimum Gasteiger partial charge on any atom is -0.480 e. The van der Waals surface area contributed by atoms with Crippen molar-refractivity contribution in [2.75, 3.05) is 39.3 Å². The third-order valence-electron chi connectivity index (χ3n) is 9.69. The molecule has 0 radical (unpaired) electrons. The first-order valence-corrected chi connectivity index (χ1v) is 18.4. The number of nitrogens with one attached hydrogen (secondary N) is 4. The van der Waals surface area contributed by atoms with E-state index in [0.717, 1.165) is 24.0 Å². The molecule has 0 bridgehead atoms. The van der Waals surface area contributed by atoms with Crippen LogP contribution in [0.1, 0.15) is 77.3 Å². The summed E-state index contributed by atoms with van der Waals surface area (Å²) < 4.78 is 0. The van der Waals surface area contributed by atoms with Gasteiger partial charge in [-0.2, -0.15) is 0 Å². The number of nitrogens with two attached hydrogens (primary N) is 2. The van der Waals surface area contributed by atoms with E-state index in [2.05, 4.69) is 52.1 Å². The Hall–Kier alpha value is -3.84. The standard InChI is InChI=1S/C39H61N7O5/c1-28(2)23-32(35(48)43-31(17-11-12-20-40)26-46-21-18-39(41,19-22-46)37(50)51)45-36(49)33(24-29-13-7-5-8-14-29)44-34(47)25-42-27-38(3,4)30-15-9-6-10-16-30/h5-10,13-16,28,31-33,42H,11-12,17-27,40-41H2,1-4H3,(H,43,48)(H,44,47)(H,45,49)(H,50,51). The predicted octanol–water partition coefficient (Wildman–Crippen LogP) is 2.30. The van der Waals surface area contributed by atoms with Crippen molar-refractivity contribution in [2.45, 2.75) is 102 Å². The van der Waals surface area contributed by atoms with Gasteiger partial charge in [0.1, 0.15) is 17.6 Å². The molecule has 0 aromatic heterocycles. The molecule has 2 aromatic carbocycles. The van der Waals surface area contributed by atoms with E-state index >= 15 is 0 Å². The molecule has 1 heterocycles. The lowest BCUT2D eigenvalue weighted by atomic mass is 9.84. The van der Waals surface area contributed by atoms with Gasteiger partial charge in [-0.1, -0.05) is 94.8 Å². The van der Waals surface area contributed by atoms with Crippen molar-refractivity contribution in [3.8, 4) is 0 Å². The molecular weight excluding hydrogens is 646 g/mol. The molecule has 12 nitrogen and oxygen atoms in total. The van der Waals surface area contributed by atoms with Gasteiger partial charge in [0.2, 0.25) is 17.7 Å². The number of nitrogens with zero attached hydrogens (tertiary/aromatic N) is 1. The molecule has 282 valence electrons. The second-order valence-corrected chi connectivity index (χ2v) is 15.1. The third-order valence-corrected chi connectivity index (χ3v) is 9.69. The van der Waals surface area contributed by atoms with Crippen molar-refractivity contribution >= 4 is 23.7 Å². The predicted molar refractivity (Wildman–Crippen MR) is 201 cm³/mol. The fourth-order valence-electron chi connectivity index (χ4n) is 6.47. The number of benzene rings is 2. The summed E-state index contributed by atoms with van der Waals surface area (Å²) in [6.07, 6.45) is 3.64. The number of hydrogen-bond acceptors (Lipinski definition) is 8. The number of unbranched alkanes of at least 4 members (excludes halogenated alkanes) is 1. The molecule has 1 aliphatic rings. The van der Waals surface area contributed by atoms with Crippen molar-refractivity contribution in [3.63, 3.8) is 0 Å². The second-order valence-electron chi connectivity index (χ2n) is 15.1. The molecule has 1 saturated heterocycles. The summed E-state index contributed by atoms with van der Waals surface area (Å²) in [6.45, 7) is 10.9. The van der Waals surface area contributed by atoms with Gasteiger partial charge in [-0.3, -0.25) is 19.2 Å². The molecule has 0 spiro atoms. The Bertz CT molecular complexity index is 1380. The number of carbonyl (C=O) groups is 4. The van der Waals surface area contributed by atoms with E-state index in [1.807, 2.05) is 62.4 Å². The Balaban J connectivity index is 1.69. The van der Waals surface area contributed by atoms with Crippen LogP contribution in [-0.4, -0.2) is 96.6 Å². The van der Waals surface area contributed by atoms with Gasteiger partial charge in [0.15, 0.2) is 0 Å². The third kappa shape index (κ3) is 14.0. The highest BCUT2D eigenvalue weighted by Gasteiger charge is 2.38. The lowest BCUT2D eigenvalue weighted by Gasteiger charge is -2.38. The Kier molecular flexibility index (Phi) is 16.5. The quantitative estimate of drug-likeness (QED) is 0.0955. The van der Waals surface area contributed by atoms with Crippen molar-refractivity contribution in [1.82, 2.24) is 26.2 Å². The van der Waals surface area contributed by atoms with E-state index in [1.165, 1.54) is 0 Å². The van der Waals surface area contributed by atoms with E-state index in [1.54, 1.807) is 0 Å². The zero-order chi connectivity index (χ0) is 37.4. The summed E-state index contributed by atoms with van der Waals surface area (Å²) in [4.78, 5) is 54.8. The highest BCUT2D eigenvalue weighted by molar-refractivity contribution is 5.92. The second kappa shape index (κ2) is 20.3. The van der Waals surface area contributed by atoms with Gasteiger partial charge in [-0.05, 0) is 55.7 Å². The average molecular weight is 708 g/mol. The van der Waals surface area contributed by atoms with Crippen molar-refractivity contribution in [3.05, 3.63) is 71.8 Å². The van der Waals surface area contributed by atoms with E-state index in [-0.39, 0.29) is 42.2 Å². The van der Waals surface area contributed by atoms with E-state index < -0.39 is 29.5 Å². The van der Waals surface area contributed by atoms with Crippen LogP contribution in [0.2, 0.25) is 0 Å². The lowest BCUT2D eigenvalue weighted by molar-refractivity contribution is -0.145. The highest BCUT2D eigenvalue weighted by Crippen LogP contribution is 2.22.